The van der Waals surface area contributed by atoms with Crippen molar-refractivity contribution in [3.8, 4) is 6.07 Å². The van der Waals surface area contributed by atoms with Gasteiger partial charge in [0, 0.05) is 19.0 Å². The molecule has 0 saturated heterocycles. The Kier molecular flexibility index (Phi) is 6.06. The second-order valence-corrected chi connectivity index (χ2v) is 6.76. The first-order valence-electron chi connectivity index (χ1n) is 6.89. The molecule has 0 spiro atoms. The Balaban J connectivity index is 3.19. The highest BCUT2D eigenvalue weighted by atomic mass is 32.2. The third-order valence-electron chi connectivity index (χ3n) is 3.30. The van der Waals surface area contributed by atoms with Gasteiger partial charge in [0.15, 0.2) is 5.78 Å². The molecule has 114 valence electrons. The fourth-order valence-electron chi connectivity index (χ4n) is 1.97. The lowest BCUT2D eigenvalue weighted by Crippen LogP contribution is -2.36. The van der Waals surface area contributed by atoms with Gasteiger partial charge >= 0.3 is 0 Å². The number of hydrogen-bond donors (Lipinski definition) is 0. The van der Waals surface area contributed by atoms with E-state index in [1.165, 1.54) is 19.2 Å². The lowest BCUT2D eigenvalue weighted by Gasteiger charge is -2.22. The quantitative estimate of drug-likeness (QED) is 0.725. The molecule has 6 heteroatoms. The van der Waals surface area contributed by atoms with Crippen LogP contribution in [0, 0.1) is 11.3 Å². The van der Waals surface area contributed by atoms with Crippen LogP contribution in [0.25, 0.3) is 0 Å². The van der Waals surface area contributed by atoms with Crippen LogP contribution >= 0.6 is 0 Å². The van der Waals surface area contributed by atoms with Crippen molar-refractivity contribution >= 4 is 15.8 Å². The molecule has 1 aromatic carbocycles. The number of ketones is 1. The van der Waals surface area contributed by atoms with Gasteiger partial charge in [0.25, 0.3) is 0 Å². The van der Waals surface area contributed by atoms with Gasteiger partial charge < -0.3 is 0 Å². The molecule has 5 nitrogen and oxygen atoms in total. The molecular weight excluding hydrogens is 288 g/mol. The molecule has 0 aliphatic heterocycles. The standard InChI is InChI=1S/C15H20N2O3S/c1-4-7-13(11-16)17(3)21(19,20)14-9-6-8-12(10-14)15(18)5-2/h6,8-10,13H,4-5,7H2,1-3H3/t13-/m1/s1. The summed E-state index contributed by atoms with van der Waals surface area (Å²) < 4.78 is 26.1. The summed E-state index contributed by atoms with van der Waals surface area (Å²) in [5.41, 5.74) is 0.371. The van der Waals surface area contributed by atoms with Crippen LogP contribution in [0.4, 0.5) is 0 Å². The number of hydrogen-bond acceptors (Lipinski definition) is 4. The maximum atomic E-state index is 12.5. The molecule has 0 aromatic heterocycles. The number of benzene rings is 1. The third-order valence-corrected chi connectivity index (χ3v) is 5.17. The van der Waals surface area contributed by atoms with E-state index >= 15 is 0 Å². The van der Waals surface area contributed by atoms with E-state index in [1.807, 2.05) is 13.0 Å². The van der Waals surface area contributed by atoms with Gasteiger partial charge in [0.2, 0.25) is 10.0 Å². The minimum Gasteiger partial charge on any atom is -0.294 e. The zero-order valence-electron chi connectivity index (χ0n) is 12.5. The Bertz CT molecular complexity index is 647. The molecule has 1 rings (SSSR count). The first-order valence-corrected chi connectivity index (χ1v) is 8.33. The summed E-state index contributed by atoms with van der Waals surface area (Å²) in [6.07, 6.45) is 1.50. The van der Waals surface area contributed by atoms with E-state index in [2.05, 4.69) is 0 Å². The summed E-state index contributed by atoms with van der Waals surface area (Å²) in [6.45, 7) is 3.62. The molecule has 0 bridgehead atoms. The summed E-state index contributed by atoms with van der Waals surface area (Å²) in [7, 11) is -2.38. The number of carbonyl (C=O) groups is 1. The Morgan fingerprint density at radius 2 is 2.05 bits per heavy atom. The maximum Gasteiger partial charge on any atom is 0.244 e. The summed E-state index contributed by atoms with van der Waals surface area (Å²) in [5, 5.41) is 9.11. The third kappa shape index (κ3) is 3.90. The monoisotopic (exact) mass is 308 g/mol. The summed E-state index contributed by atoms with van der Waals surface area (Å²) in [5.74, 6) is -0.111. The molecule has 0 saturated carbocycles. The Morgan fingerprint density at radius 1 is 1.38 bits per heavy atom. The zero-order chi connectivity index (χ0) is 16.0. The van der Waals surface area contributed by atoms with Crippen LogP contribution < -0.4 is 0 Å². The first-order chi connectivity index (χ1) is 9.88. The molecule has 0 unspecified atom stereocenters. The van der Waals surface area contributed by atoms with Crippen LogP contribution in [0.3, 0.4) is 0 Å². The zero-order valence-corrected chi connectivity index (χ0v) is 13.4. The predicted molar refractivity (Wildman–Crippen MR) is 80.3 cm³/mol. The Morgan fingerprint density at radius 3 is 2.57 bits per heavy atom. The molecule has 1 atom stereocenters. The minimum atomic E-state index is -3.78. The fraction of sp³-hybridized carbons (Fsp3) is 0.467. The number of carbonyl (C=O) groups excluding carboxylic acids is 1. The average Bonchev–Trinajstić information content (AvgIpc) is 2.51. The molecule has 0 amide bonds. The smallest absolute Gasteiger partial charge is 0.244 e. The predicted octanol–water partition coefficient (Wildman–Crippen LogP) is 2.59. The van der Waals surface area contributed by atoms with Crippen LogP contribution in [0.5, 0.6) is 0 Å². The van der Waals surface area contributed by atoms with E-state index in [0.29, 0.717) is 24.8 Å². The molecule has 0 heterocycles. The van der Waals surface area contributed by atoms with Crippen LogP contribution in [-0.2, 0) is 10.0 Å². The van der Waals surface area contributed by atoms with Crippen LogP contribution in [0.1, 0.15) is 43.5 Å². The maximum absolute atomic E-state index is 12.5. The number of rotatable bonds is 7. The number of sulfonamides is 1. The lowest BCUT2D eigenvalue weighted by molar-refractivity contribution is 0.0988. The molecule has 0 N–H and O–H groups in total. The van der Waals surface area contributed by atoms with E-state index in [9.17, 15) is 13.2 Å². The van der Waals surface area contributed by atoms with Crippen molar-refractivity contribution in [2.45, 2.75) is 44.0 Å². The Hall–Kier alpha value is -1.71. The van der Waals surface area contributed by atoms with Crippen LogP contribution in [0.2, 0.25) is 0 Å². The summed E-state index contributed by atoms with van der Waals surface area (Å²) in [6, 6.07) is 7.26. The van der Waals surface area contributed by atoms with Gasteiger partial charge in [-0.15, -0.1) is 0 Å². The van der Waals surface area contributed by atoms with E-state index in [-0.39, 0.29) is 10.7 Å². The topological polar surface area (TPSA) is 78.2 Å². The van der Waals surface area contributed by atoms with Gasteiger partial charge in [-0.05, 0) is 18.6 Å². The molecule has 1 aromatic rings. The fourth-order valence-corrected chi connectivity index (χ4v) is 3.32. The molecule has 21 heavy (non-hydrogen) atoms. The minimum absolute atomic E-state index is 0.0423. The highest BCUT2D eigenvalue weighted by Crippen LogP contribution is 2.20. The van der Waals surface area contributed by atoms with Crippen LogP contribution in [0.15, 0.2) is 29.2 Å². The van der Waals surface area contributed by atoms with Gasteiger partial charge in [-0.25, -0.2) is 8.42 Å². The van der Waals surface area contributed by atoms with Gasteiger partial charge in [-0.3, -0.25) is 4.79 Å². The largest absolute Gasteiger partial charge is 0.294 e. The molecule has 0 radical (unpaired) electrons. The van der Waals surface area contributed by atoms with Crippen molar-refractivity contribution < 1.29 is 13.2 Å². The highest BCUT2D eigenvalue weighted by molar-refractivity contribution is 7.89. The van der Waals surface area contributed by atoms with E-state index in [4.69, 9.17) is 5.26 Å². The van der Waals surface area contributed by atoms with E-state index in [0.717, 1.165) is 4.31 Å². The summed E-state index contributed by atoms with van der Waals surface area (Å²) in [4.78, 5) is 11.7. The molecule has 0 aliphatic carbocycles. The number of nitriles is 1. The molecule has 0 fully saturated rings. The second kappa shape index (κ2) is 7.34. The first kappa shape index (κ1) is 17.3. The van der Waals surface area contributed by atoms with E-state index in [1.54, 1.807) is 19.1 Å². The van der Waals surface area contributed by atoms with E-state index < -0.39 is 16.1 Å². The van der Waals surface area contributed by atoms with Crippen molar-refractivity contribution in [1.29, 1.82) is 5.26 Å². The normalized spacial score (nSPS) is 12.9. The Labute approximate surface area is 126 Å². The second-order valence-electron chi connectivity index (χ2n) is 4.76. The van der Waals surface area contributed by atoms with Crippen molar-refractivity contribution in [3.63, 3.8) is 0 Å². The molecular formula is C15H20N2O3S. The number of Topliss-reactive ketones (excluding diaryl/α,β-unsaturated/α-hetero) is 1. The van der Waals surface area contributed by atoms with Crippen molar-refractivity contribution in [2.24, 2.45) is 0 Å². The highest BCUT2D eigenvalue weighted by Gasteiger charge is 2.27. The number of nitrogens with zero attached hydrogens (tertiary/aromatic N) is 2. The van der Waals surface area contributed by atoms with Crippen molar-refractivity contribution in [3.05, 3.63) is 29.8 Å². The van der Waals surface area contributed by atoms with Crippen molar-refractivity contribution in [1.82, 2.24) is 4.31 Å². The van der Waals surface area contributed by atoms with Crippen LogP contribution in [-0.4, -0.2) is 31.6 Å². The van der Waals surface area contributed by atoms with Gasteiger partial charge in [-0.1, -0.05) is 32.4 Å². The van der Waals surface area contributed by atoms with Gasteiger partial charge in [0.1, 0.15) is 6.04 Å². The summed E-state index contributed by atoms with van der Waals surface area (Å²) >= 11 is 0. The average molecular weight is 308 g/mol. The SMILES string of the molecule is CCC[C@H](C#N)N(C)S(=O)(=O)c1cccc(C(=O)CC)c1. The van der Waals surface area contributed by atoms with Gasteiger partial charge in [0.05, 0.1) is 11.0 Å². The van der Waals surface area contributed by atoms with Crippen molar-refractivity contribution in [2.75, 3.05) is 7.05 Å². The van der Waals surface area contributed by atoms with Gasteiger partial charge in [-0.2, -0.15) is 9.57 Å². The molecule has 0 aliphatic rings. The lowest BCUT2D eigenvalue weighted by atomic mass is 10.1.